The number of alkyl halides is 3. The second kappa shape index (κ2) is 8.12. The third kappa shape index (κ3) is 4.58. The molecule has 1 atom stereocenters. The van der Waals surface area contributed by atoms with Gasteiger partial charge >= 0.3 is 6.18 Å². The molecule has 1 aromatic heterocycles. The van der Waals surface area contributed by atoms with Crippen LogP contribution in [0.25, 0.3) is 12.2 Å². The zero-order chi connectivity index (χ0) is 20.3. The Hall–Kier alpha value is -2.71. The van der Waals surface area contributed by atoms with Crippen molar-refractivity contribution in [3.63, 3.8) is 0 Å². The quantitative estimate of drug-likeness (QED) is 0.561. The van der Waals surface area contributed by atoms with Crippen molar-refractivity contribution < 1.29 is 27.4 Å². The fraction of sp³-hybridized carbons (Fsp3) is 0.150. The molecule has 0 radical (unpaired) electrons. The van der Waals surface area contributed by atoms with Crippen molar-refractivity contribution in [2.24, 2.45) is 0 Å². The SMILES string of the molecule is COc1cc(C(O)c2nc(/C=C/c3ccc(C(F)(F)F)cc3)cs2)ccc1F. The van der Waals surface area contributed by atoms with E-state index in [0.29, 0.717) is 21.8 Å². The van der Waals surface area contributed by atoms with Crippen molar-refractivity contribution in [1.82, 2.24) is 4.98 Å². The highest BCUT2D eigenvalue weighted by atomic mass is 32.1. The van der Waals surface area contributed by atoms with E-state index in [0.717, 1.165) is 12.1 Å². The molecule has 3 rings (SSSR count). The molecule has 0 bridgehead atoms. The fourth-order valence-electron chi connectivity index (χ4n) is 2.46. The largest absolute Gasteiger partial charge is 0.494 e. The summed E-state index contributed by atoms with van der Waals surface area (Å²) < 4.78 is 56.1. The molecule has 2 aromatic carbocycles. The summed E-state index contributed by atoms with van der Waals surface area (Å²) >= 11 is 1.22. The Morgan fingerprint density at radius 1 is 1.11 bits per heavy atom. The molecule has 28 heavy (non-hydrogen) atoms. The number of hydrogen-bond acceptors (Lipinski definition) is 4. The summed E-state index contributed by atoms with van der Waals surface area (Å²) in [5, 5.41) is 12.6. The minimum absolute atomic E-state index is 0.0236. The highest BCUT2D eigenvalue weighted by molar-refractivity contribution is 7.09. The zero-order valence-corrected chi connectivity index (χ0v) is 15.4. The lowest BCUT2D eigenvalue weighted by molar-refractivity contribution is -0.137. The highest BCUT2D eigenvalue weighted by Gasteiger charge is 2.29. The Bertz CT molecular complexity index is 981. The van der Waals surface area contributed by atoms with Gasteiger partial charge in [0.25, 0.3) is 0 Å². The van der Waals surface area contributed by atoms with Gasteiger partial charge in [0.15, 0.2) is 11.6 Å². The highest BCUT2D eigenvalue weighted by Crippen LogP contribution is 2.30. The van der Waals surface area contributed by atoms with E-state index in [-0.39, 0.29) is 5.75 Å². The smallest absolute Gasteiger partial charge is 0.416 e. The van der Waals surface area contributed by atoms with Crippen molar-refractivity contribution in [3.8, 4) is 5.75 Å². The minimum atomic E-state index is -4.37. The lowest BCUT2D eigenvalue weighted by Gasteiger charge is -2.10. The molecule has 8 heteroatoms. The van der Waals surface area contributed by atoms with Crippen LogP contribution in [-0.2, 0) is 6.18 Å². The number of hydrogen-bond donors (Lipinski definition) is 1. The number of rotatable bonds is 5. The van der Waals surface area contributed by atoms with Gasteiger partial charge in [-0.05, 0) is 41.5 Å². The fourth-order valence-corrected chi connectivity index (χ4v) is 3.25. The Labute approximate surface area is 162 Å². The minimum Gasteiger partial charge on any atom is -0.494 e. The number of nitrogens with zero attached hydrogens (tertiary/aromatic N) is 1. The normalized spacial score (nSPS) is 13.1. The number of ether oxygens (including phenoxy) is 1. The van der Waals surface area contributed by atoms with Gasteiger partial charge in [0.1, 0.15) is 11.1 Å². The first-order chi connectivity index (χ1) is 13.3. The average molecular weight is 409 g/mol. The van der Waals surface area contributed by atoms with Crippen molar-refractivity contribution >= 4 is 23.5 Å². The van der Waals surface area contributed by atoms with E-state index in [1.54, 1.807) is 17.5 Å². The van der Waals surface area contributed by atoms with Crippen LogP contribution < -0.4 is 4.74 Å². The van der Waals surface area contributed by atoms with E-state index in [1.807, 2.05) is 0 Å². The van der Waals surface area contributed by atoms with E-state index in [4.69, 9.17) is 4.74 Å². The lowest BCUT2D eigenvalue weighted by Crippen LogP contribution is -2.03. The maximum absolute atomic E-state index is 13.5. The van der Waals surface area contributed by atoms with Crippen LogP contribution in [0.3, 0.4) is 0 Å². The van der Waals surface area contributed by atoms with Gasteiger partial charge in [0.05, 0.1) is 18.4 Å². The maximum Gasteiger partial charge on any atom is 0.416 e. The molecule has 0 saturated carbocycles. The van der Waals surface area contributed by atoms with E-state index < -0.39 is 23.7 Å². The van der Waals surface area contributed by atoms with Gasteiger partial charge in [-0.15, -0.1) is 11.3 Å². The molecule has 0 spiro atoms. The summed E-state index contributed by atoms with van der Waals surface area (Å²) in [6.07, 6.45) is -2.15. The molecule has 3 aromatic rings. The van der Waals surface area contributed by atoms with Crippen molar-refractivity contribution in [1.29, 1.82) is 0 Å². The topological polar surface area (TPSA) is 42.4 Å². The Balaban J connectivity index is 1.74. The molecule has 1 N–H and O–H groups in total. The van der Waals surface area contributed by atoms with E-state index in [9.17, 15) is 22.7 Å². The van der Waals surface area contributed by atoms with Gasteiger partial charge in [0, 0.05) is 5.38 Å². The van der Waals surface area contributed by atoms with Gasteiger partial charge in [-0.3, -0.25) is 0 Å². The number of halogens is 4. The lowest BCUT2D eigenvalue weighted by atomic mass is 10.1. The molecule has 0 aliphatic carbocycles. The van der Waals surface area contributed by atoms with E-state index in [2.05, 4.69) is 4.98 Å². The molecular formula is C20H15F4NO2S. The van der Waals surface area contributed by atoms with Gasteiger partial charge in [-0.2, -0.15) is 13.2 Å². The number of aliphatic hydroxyl groups excluding tert-OH is 1. The van der Waals surface area contributed by atoms with Crippen LogP contribution in [0.15, 0.2) is 47.8 Å². The van der Waals surface area contributed by atoms with Gasteiger partial charge in [-0.1, -0.05) is 24.3 Å². The molecule has 0 aliphatic heterocycles. The van der Waals surface area contributed by atoms with Crippen molar-refractivity contribution in [3.05, 3.63) is 81.1 Å². The predicted molar refractivity (Wildman–Crippen MR) is 99.5 cm³/mol. The summed E-state index contributed by atoms with van der Waals surface area (Å²) in [5.41, 5.74) is 0.865. The number of benzene rings is 2. The van der Waals surface area contributed by atoms with Crippen molar-refractivity contribution in [2.45, 2.75) is 12.3 Å². The van der Waals surface area contributed by atoms with E-state index in [1.165, 1.54) is 48.8 Å². The summed E-state index contributed by atoms with van der Waals surface area (Å²) in [4.78, 5) is 4.30. The van der Waals surface area contributed by atoms with E-state index >= 15 is 0 Å². The third-order valence-corrected chi connectivity index (χ3v) is 4.86. The summed E-state index contributed by atoms with van der Waals surface area (Å²) in [7, 11) is 1.34. The number of aromatic nitrogens is 1. The first kappa shape index (κ1) is 20.0. The van der Waals surface area contributed by atoms with Crippen LogP contribution in [0.5, 0.6) is 5.75 Å². The third-order valence-electron chi connectivity index (χ3n) is 3.95. The maximum atomic E-state index is 13.5. The summed E-state index contributed by atoms with van der Waals surface area (Å²) in [6, 6.07) is 8.81. The van der Waals surface area contributed by atoms with Crippen molar-refractivity contribution in [2.75, 3.05) is 7.11 Å². The monoisotopic (exact) mass is 409 g/mol. The molecule has 3 nitrogen and oxygen atoms in total. The van der Waals surface area contributed by atoms with Gasteiger partial charge in [-0.25, -0.2) is 9.37 Å². The molecule has 0 amide bonds. The molecule has 146 valence electrons. The van der Waals surface area contributed by atoms with Crippen LogP contribution in [0.4, 0.5) is 17.6 Å². The van der Waals surface area contributed by atoms with Gasteiger partial charge < -0.3 is 9.84 Å². The van der Waals surface area contributed by atoms with Crippen LogP contribution in [-0.4, -0.2) is 17.2 Å². The zero-order valence-electron chi connectivity index (χ0n) is 14.6. The predicted octanol–water partition coefficient (Wildman–Crippen LogP) is 5.56. The second-order valence-electron chi connectivity index (χ2n) is 5.86. The van der Waals surface area contributed by atoms with Crippen LogP contribution >= 0.6 is 11.3 Å². The van der Waals surface area contributed by atoms with Crippen LogP contribution in [0.1, 0.15) is 33.5 Å². The number of thiazole rings is 1. The first-order valence-corrected chi connectivity index (χ1v) is 8.98. The molecular weight excluding hydrogens is 394 g/mol. The molecule has 1 heterocycles. The van der Waals surface area contributed by atoms with Crippen LogP contribution in [0, 0.1) is 5.82 Å². The van der Waals surface area contributed by atoms with Gasteiger partial charge in [0.2, 0.25) is 0 Å². The molecule has 0 saturated heterocycles. The molecule has 1 unspecified atom stereocenters. The Morgan fingerprint density at radius 3 is 2.46 bits per heavy atom. The number of methoxy groups -OCH3 is 1. The van der Waals surface area contributed by atoms with Crippen LogP contribution in [0.2, 0.25) is 0 Å². The standard InChI is InChI=1S/C20H15F4NO2S/c1-27-17-10-13(5-9-16(17)21)18(26)19-25-15(11-28-19)8-4-12-2-6-14(7-3-12)20(22,23)24/h2-11,18,26H,1H3/b8-4+. The first-order valence-electron chi connectivity index (χ1n) is 8.10. The average Bonchev–Trinajstić information content (AvgIpc) is 3.15. The summed E-state index contributed by atoms with van der Waals surface area (Å²) in [5.74, 6) is -0.506. The second-order valence-corrected chi connectivity index (χ2v) is 6.75. The Kier molecular flexibility index (Phi) is 5.81. The number of aliphatic hydroxyl groups is 1. The summed E-state index contributed by atoms with van der Waals surface area (Å²) in [6.45, 7) is 0. The Morgan fingerprint density at radius 2 is 1.82 bits per heavy atom. The molecule has 0 aliphatic rings. The molecule has 0 fully saturated rings.